The highest BCUT2D eigenvalue weighted by atomic mass is 16.5. The predicted molar refractivity (Wildman–Crippen MR) is 125 cm³/mol. The van der Waals surface area contributed by atoms with Gasteiger partial charge in [0.05, 0.1) is 6.61 Å². The Morgan fingerprint density at radius 2 is 1.94 bits per heavy atom. The van der Waals surface area contributed by atoms with Crippen molar-refractivity contribution in [2.75, 3.05) is 59.7 Å². The molecule has 2 saturated heterocycles. The van der Waals surface area contributed by atoms with E-state index in [1.807, 2.05) is 14.0 Å². The van der Waals surface area contributed by atoms with E-state index < -0.39 is 0 Å². The van der Waals surface area contributed by atoms with E-state index in [-0.39, 0.29) is 5.54 Å². The molecule has 0 radical (unpaired) electrons. The van der Waals surface area contributed by atoms with Crippen LogP contribution in [0.2, 0.25) is 0 Å². The van der Waals surface area contributed by atoms with Gasteiger partial charge >= 0.3 is 0 Å². The van der Waals surface area contributed by atoms with Crippen LogP contribution in [-0.4, -0.2) is 76.1 Å². The van der Waals surface area contributed by atoms with Crippen LogP contribution < -0.4 is 15.4 Å². The molecule has 1 aromatic carbocycles. The van der Waals surface area contributed by atoms with Crippen LogP contribution in [0.3, 0.4) is 0 Å². The molecule has 0 aliphatic carbocycles. The highest BCUT2D eigenvalue weighted by Gasteiger charge is 2.39. The molecule has 31 heavy (non-hydrogen) atoms. The minimum atomic E-state index is 0.170. The van der Waals surface area contributed by atoms with E-state index in [1.165, 1.54) is 31.5 Å². The molecule has 0 aromatic heterocycles. The van der Waals surface area contributed by atoms with Gasteiger partial charge in [0.1, 0.15) is 12.4 Å². The molecular weight excluding hydrogens is 392 g/mol. The molecule has 2 N–H and O–H groups in total. The minimum Gasteiger partial charge on any atom is -0.491 e. The van der Waals surface area contributed by atoms with Gasteiger partial charge in [0.2, 0.25) is 0 Å². The summed E-state index contributed by atoms with van der Waals surface area (Å²) < 4.78 is 17.0. The van der Waals surface area contributed by atoms with Gasteiger partial charge < -0.3 is 24.8 Å². The summed E-state index contributed by atoms with van der Waals surface area (Å²) in [6.07, 6.45) is 4.75. The Labute approximate surface area is 187 Å². The fourth-order valence-electron chi connectivity index (χ4n) is 4.49. The van der Waals surface area contributed by atoms with Gasteiger partial charge in [0, 0.05) is 51.1 Å². The van der Waals surface area contributed by atoms with Gasteiger partial charge in [-0.2, -0.15) is 0 Å². The Morgan fingerprint density at radius 1 is 1.16 bits per heavy atom. The molecule has 0 spiro atoms. The molecule has 0 unspecified atom stereocenters. The van der Waals surface area contributed by atoms with Crippen molar-refractivity contribution in [2.45, 2.75) is 51.6 Å². The Balaban J connectivity index is 1.56. The number of hydrogen-bond acceptors (Lipinski definition) is 5. The SMILES string of the molecule is CCOCCOc1cc(C)ccc1CNC(=NC)NCC1(N2CCCC2)CCOCC1. The molecule has 7 heteroatoms. The number of aliphatic imine (C=N–C) groups is 1. The highest BCUT2D eigenvalue weighted by molar-refractivity contribution is 5.79. The van der Waals surface area contributed by atoms with E-state index in [2.05, 4.69) is 45.6 Å². The number of hydrogen-bond donors (Lipinski definition) is 2. The zero-order valence-electron chi connectivity index (χ0n) is 19.5. The third-order valence-electron chi connectivity index (χ3n) is 6.37. The molecule has 7 nitrogen and oxygen atoms in total. The van der Waals surface area contributed by atoms with Gasteiger partial charge in [-0.25, -0.2) is 0 Å². The number of nitrogens with one attached hydrogen (secondary N) is 2. The van der Waals surface area contributed by atoms with Crippen LogP contribution in [0.15, 0.2) is 23.2 Å². The summed E-state index contributed by atoms with van der Waals surface area (Å²) in [5.41, 5.74) is 2.47. The standard InChI is InChI=1S/C24H40N4O3/c1-4-29-15-16-31-22-17-20(2)7-8-21(22)18-26-23(25-3)27-19-24(9-13-30-14-10-24)28-11-5-6-12-28/h7-8,17H,4-6,9-16,18-19H2,1-3H3,(H2,25,26,27). The second-order valence-electron chi connectivity index (χ2n) is 8.47. The van der Waals surface area contributed by atoms with Crippen LogP contribution in [0.1, 0.15) is 43.7 Å². The number of benzene rings is 1. The molecule has 0 saturated carbocycles. The lowest BCUT2D eigenvalue weighted by Gasteiger charge is -2.45. The van der Waals surface area contributed by atoms with Crippen molar-refractivity contribution in [3.8, 4) is 5.75 Å². The zero-order chi connectivity index (χ0) is 21.9. The smallest absolute Gasteiger partial charge is 0.191 e. The molecule has 3 rings (SSSR count). The van der Waals surface area contributed by atoms with E-state index in [0.717, 1.165) is 49.9 Å². The van der Waals surface area contributed by atoms with Crippen molar-refractivity contribution < 1.29 is 14.2 Å². The number of nitrogens with zero attached hydrogens (tertiary/aromatic N) is 2. The van der Waals surface area contributed by atoms with Crippen LogP contribution in [0.4, 0.5) is 0 Å². The summed E-state index contributed by atoms with van der Waals surface area (Å²) in [5, 5.41) is 7.07. The lowest BCUT2D eigenvalue weighted by molar-refractivity contribution is -0.0164. The second kappa shape index (κ2) is 12.3. The Kier molecular flexibility index (Phi) is 9.43. The molecule has 1 aromatic rings. The lowest BCUT2D eigenvalue weighted by Crippen LogP contribution is -2.58. The van der Waals surface area contributed by atoms with Crippen molar-refractivity contribution in [2.24, 2.45) is 4.99 Å². The first-order valence-corrected chi connectivity index (χ1v) is 11.7. The largest absolute Gasteiger partial charge is 0.491 e. The van der Waals surface area contributed by atoms with E-state index in [4.69, 9.17) is 14.2 Å². The van der Waals surface area contributed by atoms with Crippen molar-refractivity contribution in [3.63, 3.8) is 0 Å². The Morgan fingerprint density at radius 3 is 2.65 bits per heavy atom. The second-order valence-corrected chi connectivity index (χ2v) is 8.47. The molecule has 2 fully saturated rings. The van der Waals surface area contributed by atoms with Crippen molar-refractivity contribution >= 4 is 5.96 Å². The van der Waals surface area contributed by atoms with Crippen LogP contribution in [0.5, 0.6) is 5.75 Å². The molecule has 0 bridgehead atoms. The maximum absolute atomic E-state index is 5.98. The molecule has 0 amide bonds. The van der Waals surface area contributed by atoms with E-state index >= 15 is 0 Å². The summed E-state index contributed by atoms with van der Waals surface area (Å²) in [4.78, 5) is 7.13. The lowest BCUT2D eigenvalue weighted by atomic mass is 9.88. The summed E-state index contributed by atoms with van der Waals surface area (Å²) >= 11 is 0. The first kappa shape index (κ1) is 23.8. The quantitative estimate of drug-likeness (QED) is 0.337. The Bertz CT molecular complexity index is 698. The fraction of sp³-hybridized carbons (Fsp3) is 0.708. The number of guanidine groups is 1. The zero-order valence-corrected chi connectivity index (χ0v) is 19.5. The average Bonchev–Trinajstić information content (AvgIpc) is 3.34. The van der Waals surface area contributed by atoms with Gasteiger partial charge in [-0.3, -0.25) is 9.89 Å². The van der Waals surface area contributed by atoms with Crippen LogP contribution in [0.25, 0.3) is 0 Å². The van der Waals surface area contributed by atoms with Crippen molar-refractivity contribution in [1.29, 1.82) is 0 Å². The Hall–Kier alpha value is -1.83. The summed E-state index contributed by atoms with van der Waals surface area (Å²) in [6, 6.07) is 6.33. The first-order valence-electron chi connectivity index (χ1n) is 11.7. The number of aryl methyl sites for hydroxylation is 1. The molecule has 2 heterocycles. The third-order valence-corrected chi connectivity index (χ3v) is 6.37. The van der Waals surface area contributed by atoms with Gasteiger partial charge in [-0.1, -0.05) is 12.1 Å². The maximum Gasteiger partial charge on any atom is 0.191 e. The number of rotatable bonds is 10. The maximum atomic E-state index is 5.98. The predicted octanol–water partition coefficient (Wildman–Crippen LogP) is 2.72. The average molecular weight is 433 g/mol. The molecular formula is C24H40N4O3. The monoisotopic (exact) mass is 432 g/mol. The normalized spacial score (nSPS) is 19.4. The van der Waals surface area contributed by atoms with Crippen molar-refractivity contribution in [1.82, 2.24) is 15.5 Å². The van der Waals surface area contributed by atoms with Crippen LogP contribution in [-0.2, 0) is 16.0 Å². The van der Waals surface area contributed by atoms with Crippen LogP contribution >= 0.6 is 0 Å². The van der Waals surface area contributed by atoms with Crippen LogP contribution in [0, 0.1) is 6.92 Å². The highest BCUT2D eigenvalue weighted by Crippen LogP contribution is 2.30. The van der Waals surface area contributed by atoms with Gasteiger partial charge in [-0.05, 0) is 64.3 Å². The third kappa shape index (κ3) is 6.82. The van der Waals surface area contributed by atoms with Gasteiger partial charge in [0.25, 0.3) is 0 Å². The van der Waals surface area contributed by atoms with E-state index in [9.17, 15) is 0 Å². The van der Waals surface area contributed by atoms with E-state index in [1.54, 1.807) is 0 Å². The summed E-state index contributed by atoms with van der Waals surface area (Å²) in [5.74, 6) is 1.73. The topological polar surface area (TPSA) is 67.4 Å². The fourth-order valence-corrected chi connectivity index (χ4v) is 4.49. The number of ether oxygens (including phenoxy) is 3. The van der Waals surface area contributed by atoms with Gasteiger partial charge in [-0.15, -0.1) is 0 Å². The van der Waals surface area contributed by atoms with Crippen molar-refractivity contribution in [3.05, 3.63) is 29.3 Å². The minimum absolute atomic E-state index is 0.170. The van der Waals surface area contributed by atoms with Gasteiger partial charge in [0.15, 0.2) is 5.96 Å². The molecule has 0 atom stereocenters. The molecule has 2 aliphatic heterocycles. The molecule has 174 valence electrons. The van der Waals surface area contributed by atoms with E-state index in [0.29, 0.717) is 26.4 Å². The summed E-state index contributed by atoms with van der Waals surface area (Å²) in [7, 11) is 1.83. The summed E-state index contributed by atoms with van der Waals surface area (Å²) in [6.45, 7) is 11.6. The molecule has 2 aliphatic rings. The first-order chi connectivity index (χ1) is 15.2. The number of likely N-dealkylation sites (tertiary alicyclic amines) is 1.